The summed E-state index contributed by atoms with van der Waals surface area (Å²) in [6.45, 7) is -1.30. The van der Waals surface area contributed by atoms with E-state index in [0.29, 0.717) is 23.2 Å². The number of anilines is 1. The molecule has 0 spiro atoms. The fourth-order valence-electron chi connectivity index (χ4n) is 5.06. The highest BCUT2D eigenvalue weighted by molar-refractivity contribution is 5.97. The maximum atomic E-state index is 15.0. The van der Waals surface area contributed by atoms with Gasteiger partial charge >= 0.3 is 18.3 Å². The summed E-state index contributed by atoms with van der Waals surface area (Å²) in [6.07, 6.45) is -7.33. The second kappa shape index (κ2) is 12.1. The lowest BCUT2D eigenvalue weighted by Gasteiger charge is -2.38. The third-order valence-electron chi connectivity index (χ3n) is 7.16. The lowest BCUT2D eigenvalue weighted by Crippen LogP contribution is -2.53. The van der Waals surface area contributed by atoms with Gasteiger partial charge in [-0.3, -0.25) is 9.78 Å². The van der Waals surface area contributed by atoms with Crippen molar-refractivity contribution in [2.24, 2.45) is 0 Å². The Labute approximate surface area is 252 Å². The van der Waals surface area contributed by atoms with E-state index in [-0.39, 0.29) is 36.1 Å². The fourth-order valence-corrected chi connectivity index (χ4v) is 5.06. The Morgan fingerprint density at radius 3 is 2.37 bits per heavy atom. The first-order valence-electron chi connectivity index (χ1n) is 13.2. The predicted octanol–water partition coefficient (Wildman–Crippen LogP) is 5.03. The van der Waals surface area contributed by atoms with Gasteiger partial charge in [0, 0.05) is 42.3 Å². The lowest BCUT2D eigenvalue weighted by atomic mass is 10.0. The Kier molecular flexibility index (Phi) is 8.59. The van der Waals surface area contributed by atoms with Gasteiger partial charge in [0.25, 0.3) is 5.91 Å². The number of alkyl halides is 6. The largest absolute Gasteiger partial charge is 0.480 e. The number of nitrogens with zero attached hydrogens (tertiary/aromatic N) is 4. The molecule has 5 rings (SSSR count). The molecule has 1 aromatic carbocycles. The second-order valence-electron chi connectivity index (χ2n) is 10.1. The smallest absolute Gasteiger partial charge is 0.418 e. The van der Waals surface area contributed by atoms with Gasteiger partial charge in [-0.15, -0.1) is 0 Å². The van der Waals surface area contributed by atoms with Crippen LogP contribution >= 0.6 is 0 Å². The summed E-state index contributed by atoms with van der Waals surface area (Å²) < 4.78 is 131. The van der Waals surface area contributed by atoms with Gasteiger partial charge in [0.15, 0.2) is 0 Å². The van der Waals surface area contributed by atoms with E-state index in [0.717, 1.165) is 6.07 Å². The molecule has 18 heteroatoms. The van der Waals surface area contributed by atoms with Crippen molar-refractivity contribution >= 4 is 23.2 Å². The molecule has 244 valence electrons. The summed E-state index contributed by atoms with van der Waals surface area (Å²) in [5, 5.41) is 11.7. The highest BCUT2D eigenvalue weighted by Gasteiger charge is 2.46. The van der Waals surface area contributed by atoms with Gasteiger partial charge in [-0.25, -0.2) is 22.9 Å². The average Bonchev–Trinajstić information content (AvgIpc) is 3.46. The number of carboxylic acid groups (broad SMARTS) is 1. The van der Waals surface area contributed by atoms with Crippen LogP contribution in [0.15, 0.2) is 48.9 Å². The third kappa shape index (κ3) is 6.42. The van der Waals surface area contributed by atoms with Gasteiger partial charge in [-0.05, 0) is 30.3 Å². The van der Waals surface area contributed by atoms with Crippen LogP contribution < -0.4 is 10.2 Å². The van der Waals surface area contributed by atoms with Crippen molar-refractivity contribution < 1.29 is 58.9 Å². The van der Waals surface area contributed by atoms with Crippen LogP contribution in [0.1, 0.15) is 21.6 Å². The normalized spacial score (nSPS) is 16.5. The molecule has 2 atom stereocenters. The number of benzene rings is 1. The minimum atomic E-state index is -4.99. The number of hydrogen-bond acceptors (Lipinski definition) is 6. The van der Waals surface area contributed by atoms with Gasteiger partial charge in [-0.1, -0.05) is 0 Å². The number of rotatable bonds is 7. The molecule has 9 nitrogen and oxygen atoms in total. The minimum absolute atomic E-state index is 0.0708. The Bertz CT molecular complexity index is 1790. The van der Waals surface area contributed by atoms with Crippen molar-refractivity contribution in [3.05, 3.63) is 83.2 Å². The molecule has 1 unspecified atom stereocenters. The number of carbonyl (C=O) groups is 2. The van der Waals surface area contributed by atoms with Crippen molar-refractivity contribution in [3.8, 4) is 11.3 Å². The number of morpholine rings is 1. The first-order chi connectivity index (χ1) is 21.6. The molecule has 1 amide bonds. The summed E-state index contributed by atoms with van der Waals surface area (Å²) in [4.78, 5) is 33.2. The molecule has 2 N–H and O–H groups in total. The number of carbonyl (C=O) groups excluding carboxylic acids is 1. The maximum Gasteiger partial charge on any atom is 0.418 e. The minimum Gasteiger partial charge on any atom is -0.480 e. The zero-order valence-corrected chi connectivity index (χ0v) is 23.0. The molecular weight excluding hydrogens is 641 g/mol. The predicted molar refractivity (Wildman–Crippen MR) is 140 cm³/mol. The molecule has 0 aliphatic carbocycles. The Balaban J connectivity index is 1.42. The number of amides is 1. The molecule has 1 fully saturated rings. The molecule has 1 aliphatic rings. The quantitative estimate of drug-likeness (QED) is 0.268. The van der Waals surface area contributed by atoms with E-state index < -0.39 is 89.3 Å². The van der Waals surface area contributed by atoms with Gasteiger partial charge < -0.3 is 24.5 Å². The molecule has 4 aromatic rings. The number of hydrogen-bond donors (Lipinski definition) is 2. The van der Waals surface area contributed by atoms with Crippen LogP contribution in [0.2, 0.25) is 0 Å². The number of nitrogens with one attached hydrogen (secondary N) is 1. The number of imidazole rings is 1. The summed E-state index contributed by atoms with van der Waals surface area (Å²) in [5.41, 5.74) is -4.07. The lowest BCUT2D eigenvalue weighted by molar-refractivity contribution is -0.167. The number of carboxylic acids is 1. The number of aliphatic carboxylic acids is 1. The van der Waals surface area contributed by atoms with Gasteiger partial charge in [0.1, 0.15) is 40.7 Å². The molecule has 1 aliphatic heterocycles. The summed E-state index contributed by atoms with van der Waals surface area (Å²) in [6, 6.07) is -0.439. The second-order valence-corrected chi connectivity index (χ2v) is 10.1. The molecular formula is C28H20F9N5O4. The maximum absolute atomic E-state index is 15.0. The molecule has 1 saturated heterocycles. The molecule has 0 radical (unpaired) electrons. The molecule has 0 saturated carbocycles. The SMILES string of the molecule is O=C(NC(Cc1ccc(-c2ncc(F)cc2C(F)(F)F)c2nccn12)C(=O)O)c1c(F)cc(N2CCOC[C@@H]2C(F)(F)F)cc1F. The number of aromatic nitrogens is 3. The standard InChI is InChI=1S/C28H20F9N5O4/c29-13-7-17(27(32,33)34)23(39-11-13)16-2-1-14(42-4-3-38-24(16)42)10-20(26(44)45)40-25(43)22-18(30)8-15(9-19(22)31)41-5-6-46-12-21(41)28(35,36)37/h1-4,7-9,11,20-21H,5-6,10,12H2,(H,40,43)(H,44,45)/t20?,21-/m1/s1. The third-order valence-corrected chi connectivity index (χ3v) is 7.16. The van der Waals surface area contributed by atoms with E-state index in [9.17, 15) is 45.4 Å². The van der Waals surface area contributed by atoms with Crippen LogP contribution in [-0.4, -0.2) is 69.4 Å². The highest BCUT2D eigenvalue weighted by Crippen LogP contribution is 2.38. The van der Waals surface area contributed by atoms with E-state index in [1.165, 1.54) is 22.9 Å². The van der Waals surface area contributed by atoms with Crippen molar-refractivity contribution in [1.82, 2.24) is 19.7 Å². The summed E-state index contributed by atoms with van der Waals surface area (Å²) >= 11 is 0. The first kappa shape index (κ1) is 32.5. The Morgan fingerprint density at radius 1 is 1.04 bits per heavy atom. The van der Waals surface area contributed by atoms with Crippen LogP contribution in [-0.2, 0) is 22.1 Å². The van der Waals surface area contributed by atoms with E-state index in [1.54, 1.807) is 0 Å². The van der Waals surface area contributed by atoms with E-state index in [4.69, 9.17) is 4.74 Å². The first-order valence-corrected chi connectivity index (χ1v) is 13.2. The zero-order chi connectivity index (χ0) is 33.6. The highest BCUT2D eigenvalue weighted by atomic mass is 19.4. The fraction of sp³-hybridized carbons (Fsp3) is 0.286. The average molecular weight is 661 g/mol. The van der Waals surface area contributed by atoms with E-state index in [2.05, 4.69) is 9.97 Å². The van der Waals surface area contributed by atoms with Crippen molar-refractivity contribution in [1.29, 1.82) is 0 Å². The molecule has 3 aromatic heterocycles. The Morgan fingerprint density at radius 2 is 1.74 bits per heavy atom. The van der Waals surface area contributed by atoms with Crippen LogP contribution in [0.3, 0.4) is 0 Å². The van der Waals surface area contributed by atoms with E-state index >= 15 is 8.78 Å². The van der Waals surface area contributed by atoms with E-state index in [1.807, 2.05) is 5.32 Å². The van der Waals surface area contributed by atoms with Crippen LogP contribution in [0, 0.1) is 17.5 Å². The van der Waals surface area contributed by atoms with Crippen molar-refractivity contribution in [2.75, 3.05) is 24.7 Å². The number of ether oxygens (including phenoxy) is 1. The monoisotopic (exact) mass is 661 g/mol. The summed E-state index contributed by atoms with van der Waals surface area (Å²) in [7, 11) is 0. The van der Waals surface area contributed by atoms with Crippen molar-refractivity contribution in [2.45, 2.75) is 30.9 Å². The summed E-state index contributed by atoms with van der Waals surface area (Å²) in [5.74, 6) is -7.55. The van der Waals surface area contributed by atoms with Gasteiger partial charge in [-0.2, -0.15) is 26.3 Å². The number of fused-ring (bicyclic) bond motifs is 1. The zero-order valence-electron chi connectivity index (χ0n) is 23.0. The topological polar surface area (TPSA) is 109 Å². The van der Waals surface area contributed by atoms with Crippen LogP contribution in [0.25, 0.3) is 16.9 Å². The number of pyridine rings is 2. The molecule has 46 heavy (non-hydrogen) atoms. The Hall–Kier alpha value is -4.87. The van der Waals surface area contributed by atoms with Crippen LogP contribution in [0.5, 0.6) is 0 Å². The van der Waals surface area contributed by atoms with Gasteiger partial charge in [0.2, 0.25) is 0 Å². The molecule has 0 bridgehead atoms. The molecule has 4 heterocycles. The van der Waals surface area contributed by atoms with Crippen LogP contribution in [0.4, 0.5) is 45.2 Å². The number of halogens is 9. The van der Waals surface area contributed by atoms with Crippen molar-refractivity contribution in [3.63, 3.8) is 0 Å². The van der Waals surface area contributed by atoms with Gasteiger partial charge in [0.05, 0.1) is 30.7 Å².